The first-order valence-corrected chi connectivity index (χ1v) is 7.78. The molecule has 100 valence electrons. The molecule has 4 aliphatic carbocycles. The largest absolute Gasteiger partial charge is 0.355 e. The van der Waals surface area contributed by atoms with Gasteiger partial charge in [0.2, 0.25) is 5.91 Å². The lowest BCUT2D eigenvalue weighted by molar-refractivity contribution is -0.138. The minimum atomic E-state index is 0.367. The average Bonchev–Trinajstić information content (AvgIpc) is 2.25. The van der Waals surface area contributed by atoms with E-state index in [1.165, 1.54) is 32.1 Å². The average molecular weight is 248 g/mol. The van der Waals surface area contributed by atoms with Gasteiger partial charge in [-0.2, -0.15) is 0 Å². The predicted octanol–water partition coefficient (Wildman–Crippen LogP) is 1.39. The lowest BCUT2D eigenvalue weighted by atomic mass is 9.51. The topological polar surface area (TPSA) is 41.1 Å². The molecule has 5 rings (SSSR count). The van der Waals surface area contributed by atoms with Crippen LogP contribution in [0.15, 0.2) is 0 Å². The molecule has 0 unspecified atom stereocenters. The molecule has 0 radical (unpaired) electrons. The molecule has 3 nitrogen and oxygen atoms in total. The number of hydrogen-bond acceptors (Lipinski definition) is 2. The van der Waals surface area contributed by atoms with Crippen LogP contribution in [0.2, 0.25) is 0 Å². The third-order valence-corrected chi connectivity index (χ3v) is 5.96. The van der Waals surface area contributed by atoms with Crippen molar-refractivity contribution in [2.24, 2.45) is 35.5 Å². The Bertz CT molecular complexity index is 322. The third-order valence-electron chi connectivity index (χ3n) is 5.96. The lowest BCUT2D eigenvalue weighted by Crippen LogP contribution is -2.53. The monoisotopic (exact) mass is 248 g/mol. The summed E-state index contributed by atoms with van der Waals surface area (Å²) in [5.74, 6) is 4.81. The van der Waals surface area contributed by atoms with Crippen LogP contribution in [0.5, 0.6) is 0 Å². The van der Waals surface area contributed by atoms with Gasteiger partial charge in [-0.15, -0.1) is 0 Å². The Hall–Kier alpha value is -0.570. The maximum atomic E-state index is 12.4. The Kier molecular flexibility index (Phi) is 2.65. The van der Waals surface area contributed by atoms with Crippen LogP contribution >= 0.6 is 0 Å². The summed E-state index contributed by atoms with van der Waals surface area (Å²) >= 11 is 0. The summed E-state index contributed by atoms with van der Waals surface area (Å²) in [6.07, 6.45) is 6.84. The van der Waals surface area contributed by atoms with Gasteiger partial charge in [0.05, 0.1) is 0 Å². The van der Waals surface area contributed by atoms with Gasteiger partial charge in [0.1, 0.15) is 0 Å². The molecule has 1 amide bonds. The molecule has 5 fully saturated rings. The van der Waals surface area contributed by atoms with Crippen LogP contribution in [0, 0.1) is 35.5 Å². The molecule has 18 heavy (non-hydrogen) atoms. The highest BCUT2D eigenvalue weighted by Gasteiger charge is 2.50. The molecule has 1 aliphatic heterocycles. The highest BCUT2D eigenvalue weighted by molar-refractivity contribution is 5.79. The fourth-order valence-electron chi connectivity index (χ4n) is 5.21. The molecule has 4 bridgehead atoms. The number of rotatable bonds is 3. The maximum absolute atomic E-state index is 12.4. The first-order valence-electron chi connectivity index (χ1n) is 7.78. The molecule has 0 aromatic rings. The smallest absolute Gasteiger partial charge is 0.223 e. The van der Waals surface area contributed by atoms with Crippen molar-refractivity contribution in [3.63, 3.8) is 0 Å². The summed E-state index contributed by atoms with van der Waals surface area (Å²) in [5, 5.41) is 6.50. The van der Waals surface area contributed by atoms with Crippen molar-refractivity contribution in [3.8, 4) is 0 Å². The first-order chi connectivity index (χ1) is 8.79. The van der Waals surface area contributed by atoms with Crippen molar-refractivity contribution in [1.29, 1.82) is 0 Å². The third kappa shape index (κ3) is 1.78. The number of carbonyl (C=O) groups is 1. The van der Waals surface area contributed by atoms with Crippen LogP contribution < -0.4 is 10.6 Å². The molecule has 3 heteroatoms. The summed E-state index contributed by atoms with van der Waals surface area (Å²) in [5.41, 5.74) is 0. The number of hydrogen-bond donors (Lipinski definition) is 2. The van der Waals surface area contributed by atoms with Crippen molar-refractivity contribution in [2.75, 3.05) is 19.6 Å². The molecule has 0 aromatic heterocycles. The van der Waals surface area contributed by atoms with Gasteiger partial charge in [0, 0.05) is 31.5 Å². The second kappa shape index (κ2) is 4.22. The zero-order valence-corrected chi connectivity index (χ0v) is 11.0. The van der Waals surface area contributed by atoms with Crippen molar-refractivity contribution in [3.05, 3.63) is 0 Å². The van der Waals surface area contributed by atoms with Gasteiger partial charge in [0.15, 0.2) is 0 Å². The van der Waals surface area contributed by atoms with E-state index in [1.807, 2.05) is 0 Å². The summed E-state index contributed by atoms with van der Waals surface area (Å²) in [6.45, 7) is 3.07. The number of amides is 1. The van der Waals surface area contributed by atoms with E-state index >= 15 is 0 Å². The molecule has 0 spiro atoms. The normalized spacial score (nSPS) is 45.9. The lowest BCUT2D eigenvalue weighted by Gasteiger charge is -2.53. The van der Waals surface area contributed by atoms with E-state index in [-0.39, 0.29) is 0 Å². The van der Waals surface area contributed by atoms with E-state index in [2.05, 4.69) is 10.6 Å². The Morgan fingerprint density at radius 2 is 1.61 bits per heavy atom. The summed E-state index contributed by atoms with van der Waals surface area (Å²) < 4.78 is 0. The second-order valence-corrected chi connectivity index (χ2v) is 7.23. The molecule has 1 heterocycles. The Morgan fingerprint density at radius 3 is 2.11 bits per heavy atom. The van der Waals surface area contributed by atoms with Crippen LogP contribution in [0.1, 0.15) is 32.1 Å². The van der Waals surface area contributed by atoms with Gasteiger partial charge in [0.25, 0.3) is 0 Å². The van der Waals surface area contributed by atoms with Crippen molar-refractivity contribution < 1.29 is 4.79 Å². The Labute approximate surface area is 109 Å². The molecular weight excluding hydrogens is 224 g/mol. The quantitative estimate of drug-likeness (QED) is 0.792. The highest BCUT2D eigenvalue weighted by Crippen LogP contribution is 2.56. The van der Waals surface area contributed by atoms with Gasteiger partial charge in [-0.1, -0.05) is 0 Å². The molecular formula is C15H24N2O. The highest BCUT2D eigenvalue weighted by atomic mass is 16.1. The minimum Gasteiger partial charge on any atom is -0.355 e. The number of carbonyl (C=O) groups excluding carboxylic acids is 1. The van der Waals surface area contributed by atoms with E-state index < -0.39 is 0 Å². The molecule has 4 saturated carbocycles. The van der Waals surface area contributed by atoms with E-state index in [9.17, 15) is 4.79 Å². The van der Waals surface area contributed by atoms with Gasteiger partial charge in [-0.3, -0.25) is 4.79 Å². The van der Waals surface area contributed by atoms with Gasteiger partial charge < -0.3 is 10.6 Å². The summed E-state index contributed by atoms with van der Waals surface area (Å²) in [6, 6.07) is 0. The Balaban J connectivity index is 1.39. The van der Waals surface area contributed by atoms with Crippen LogP contribution in [0.4, 0.5) is 0 Å². The molecule has 2 N–H and O–H groups in total. The van der Waals surface area contributed by atoms with Crippen molar-refractivity contribution in [2.45, 2.75) is 32.1 Å². The minimum absolute atomic E-state index is 0.367. The van der Waals surface area contributed by atoms with Crippen LogP contribution in [0.3, 0.4) is 0 Å². The predicted molar refractivity (Wildman–Crippen MR) is 69.9 cm³/mol. The fourth-order valence-corrected chi connectivity index (χ4v) is 5.21. The van der Waals surface area contributed by atoms with Crippen molar-refractivity contribution in [1.82, 2.24) is 10.6 Å². The van der Waals surface area contributed by atoms with Crippen LogP contribution in [0.25, 0.3) is 0 Å². The summed E-state index contributed by atoms with van der Waals surface area (Å²) in [7, 11) is 0. The van der Waals surface area contributed by atoms with E-state index in [0.717, 1.165) is 43.3 Å². The van der Waals surface area contributed by atoms with Gasteiger partial charge in [-0.05, 0) is 55.8 Å². The molecule has 0 aromatic carbocycles. The van der Waals surface area contributed by atoms with Crippen LogP contribution in [-0.2, 0) is 4.79 Å². The number of nitrogens with one attached hydrogen (secondary N) is 2. The zero-order chi connectivity index (χ0) is 12.1. The van der Waals surface area contributed by atoms with Crippen LogP contribution in [-0.4, -0.2) is 25.5 Å². The maximum Gasteiger partial charge on any atom is 0.223 e. The van der Waals surface area contributed by atoms with E-state index in [4.69, 9.17) is 0 Å². The zero-order valence-electron chi connectivity index (χ0n) is 11.0. The first kappa shape index (κ1) is 11.3. The molecule has 5 aliphatic rings. The summed E-state index contributed by atoms with van der Waals surface area (Å²) in [4.78, 5) is 12.4. The fraction of sp³-hybridized carbons (Fsp3) is 0.933. The van der Waals surface area contributed by atoms with E-state index in [1.54, 1.807) is 0 Å². The van der Waals surface area contributed by atoms with E-state index in [0.29, 0.717) is 17.7 Å². The molecule has 0 atom stereocenters. The van der Waals surface area contributed by atoms with Crippen molar-refractivity contribution >= 4 is 5.91 Å². The van der Waals surface area contributed by atoms with Gasteiger partial charge >= 0.3 is 0 Å². The second-order valence-electron chi connectivity index (χ2n) is 7.23. The SMILES string of the molecule is O=C(NCC1CNC1)C1C2CC3CC(C2)CC1C3. The molecule has 1 saturated heterocycles. The standard InChI is InChI=1S/C15H24N2O/c18-15(17-8-11-6-16-7-11)14-12-2-9-1-10(4-12)5-13(14)3-9/h9-14,16H,1-8H2,(H,17,18). The van der Waals surface area contributed by atoms with Gasteiger partial charge in [-0.25, -0.2) is 0 Å². The Morgan fingerprint density at radius 1 is 1.00 bits per heavy atom.